The van der Waals surface area contributed by atoms with Gasteiger partial charge in [-0.05, 0) is 38.9 Å². The van der Waals surface area contributed by atoms with Gasteiger partial charge in [-0.1, -0.05) is 0 Å². The van der Waals surface area contributed by atoms with Crippen molar-refractivity contribution >= 4 is 5.97 Å². The lowest BCUT2D eigenvalue weighted by Gasteiger charge is -2.52. The molecule has 0 aliphatic carbocycles. The summed E-state index contributed by atoms with van der Waals surface area (Å²) >= 11 is 0. The zero-order valence-corrected chi connectivity index (χ0v) is 11.8. The minimum atomic E-state index is -0.626. The number of hydrogen-bond acceptors (Lipinski definition) is 4. The minimum absolute atomic E-state index is 0.0694. The third kappa shape index (κ3) is 2.39. The van der Waals surface area contributed by atoms with Crippen molar-refractivity contribution in [2.24, 2.45) is 5.92 Å². The number of hydrogen-bond donors (Lipinski definition) is 1. The second-order valence-electron chi connectivity index (χ2n) is 6.50. The van der Waals surface area contributed by atoms with Crippen LogP contribution in [-0.2, 0) is 4.79 Å². The summed E-state index contributed by atoms with van der Waals surface area (Å²) < 4.78 is 0. The maximum atomic E-state index is 11.4. The Balaban J connectivity index is 1.81. The molecule has 0 aromatic heterocycles. The number of piperidine rings is 1. The van der Waals surface area contributed by atoms with Crippen LogP contribution in [0.2, 0.25) is 0 Å². The number of likely N-dealkylation sites (N-methyl/N-ethyl adjacent to an activating group) is 1. The van der Waals surface area contributed by atoms with Crippen LogP contribution >= 0.6 is 0 Å². The van der Waals surface area contributed by atoms with Crippen LogP contribution in [0, 0.1) is 5.92 Å². The molecule has 3 rings (SSSR count). The topological polar surface area (TPSA) is 47.0 Å². The monoisotopic (exact) mass is 267 g/mol. The Kier molecular flexibility index (Phi) is 3.53. The van der Waals surface area contributed by atoms with Crippen molar-refractivity contribution in [1.82, 2.24) is 14.7 Å². The quantitative estimate of drug-likeness (QED) is 0.790. The molecule has 0 amide bonds. The van der Waals surface area contributed by atoms with Crippen LogP contribution in [0.4, 0.5) is 0 Å². The smallest absolute Gasteiger partial charge is 0.305 e. The fourth-order valence-corrected chi connectivity index (χ4v) is 4.30. The fourth-order valence-electron chi connectivity index (χ4n) is 4.30. The second kappa shape index (κ2) is 5.04. The van der Waals surface area contributed by atoms with E-state index in [2.05, 4.69) is 21.7 Å². The number of carboxylic acids is 1. The minimum Gasteiger partial charge on any atom is -0.481 e. The van der Waals surface area contributed by atoms with Crippen LogP contribution in [0.1, 0.15) is 19.3 Å². The number of carboxylic acid groups (broad SMARTS) is 1. The lowest BCUT2D eigenvalue weighted by molar-refractivity contribution is -0.143. The van der Waals surface area contributed by atoms with Gasteiger partial charge in [0.2, 0.25) is 0 Å². The highest BCUT2D eigenvalue weighted by Gasteiger charge is 2.51. The summed E-state index contributed by atoms with van der Waals surface area (Å²) in [6.45, 7) is 7.55. The van der Waals surface area contributed by atoms with Gasteiger partial charge in [-0.2, -0.15) is 0 Å². The molecule has 0 aromatic carbocycles. The lowest BCUT2D eigenvalue weighted by atomic mass is 9.74. The maximum absolute atomic E-state index is 11.4. The number of rotatable bonds is 3. The fraction of sp³-hybridized carbons (Fsp3) is 0.929. The van der Waals surface area contributed by atoms with E-state index in [0.29, 0.717) is 12.3 Å². The molecule has 3 aliphatic heterocycles. The third-order valence-corrected chi connectivity index (χ3v) is 5.48. The molecule has 2 bridgehead atoms. The molecule has 5 nitrogen and oxygen atoms in total. The third-order valence-electron chi connectivity index (χ3n) is 5.48. The van der Waals surface area contributed by atoms with Gasteiger partial charge < -0.3 is 14.9 Å². The molecule has 3 atom stereocenters. The summed E-state index contributed by atoms with van der Waals surface area (Å²) in [6, 6.07) is 0. The van der Waals surface area contributed by atoms with Crippen molar-refractivity contribution in [3.8, 4) is 0 Å². The van der Waals surface area contributed by atoms with E-state index in [1.165, 1.54) is 13.0 Å². The highest BCUT2D eigenvalue weighted by atomic mass is 16.4. The van der Waals surface area contributed by atoms with Crippen LogP contribution in [0.25, 0.3) is 0 Å². The Bertz CT molecular complexity index is 355. The Labute approximate surface area is 115 Å². The molecule has 3 unspecified atom stereocenters. The average molecular weight is 267 g/mol. The van der Waals surface area contributed by atoms with Crippen LogP contribution < -0.4 is 0 Å². The number of carbonyl (C=O) groups is 1. The highest BCUT2D eigenvalue weighted by molar-refractivity contribution is 5.68. The molecular weight excluding hydrogens is 242 g/mol. The summed E-state index contributed by atoms with van der Waals surface area (Å²) in [5, 5.41) is 9.39. The predicted molar refractivity (Wildman–Crippen MR) is 73.2 cm³/mol. The summed E-state index contributed by atoms with van der Waals surface area (Å²) in [4.78, 5) is 18.8. The maximum Gasteiger partial charge on any atom is 0.305 e. The van der Waals surface area contributed by atoms with Gasteiger partial charge in [-0.15, -0.1) is 0 Å². The second-order valence-corrected chi connectivity index (χ2v) is 6.50. The van der Waals surface area contributed by atoms with Crippen molar-refractivity contribution in [3.05, 3.63) is 0 Å². The van der Waals surface area contributed by atoms with Gasteiger partial charge in [-0.25, -0.2) is 0 Å². The first kappa shape index (κ1) is 13.3. The number of aliphatic carboxylic acids is 1. The van der Waals surface area contributed by atoms with Crippen molar-refractivity contribution < 1.29 is 9.90 Å². The molecule has 3 aliphatic rings. The van der Waals surface area contributed by atoms with E-state index < -0.39 is 5.97 Å². The summed E-state index contributed by atoms with van der Waals surface area (Å²) in [6.07, 6.45) is 2.54. The SMILES string of the molecule is CN1CCN(C2(CC(=O)O)CCN3CCC2C3)CC1. The number of nitrogens with zero attached hydrogens (tertiary/aromatic N) is 3. The van der Waals surface area contributed by atoms with Crippen LogP contribution in [0.3, 0.4) is 0 Å². The van der Waals surface area contributed by atoms with Gasteiger partial charge in [0.25, 0.3) is 0 Å². The van der Waals surface area contributed by atoms with E-state index in [1.807, 2.05) is 0 Å². The first-order chi connectivity index (χ1) is 9.10. The summed E-state index contributed by atoms with van der Waals surface area (Å²) in [5.41, 5.74) is -0.0694. The molecule has 0 saturated carbocycles. The van der Waals surface area contributed by atoms with Crippen molar-refractivity contribution in [2.45, 2.75) is 24.8 Å². The zero-order valence-electron chi connectivity index (χ0n) is 11.8. The van der Waals surface area contributed by atoms with Crippen molar-refractivity contribution in [2.75, 3.05) is 52.9 Å². The largest absolute Gasteiger partial charge is 0.481 e. The molecule has 19 heavy (non-hydrogen) atoms. The Morgan fingerprint density at radius 2 is 1.95 bits per heavy atom. The van der Waals surface area contributed by atoms with Crippen LogP contribution in [-0.4, -0.2) is 84.2 Å². The van der Waals surface area contributed by atoms with Gasteiger partial charge in [0.15, 0.2) is 0 Å². The molecule has 3 fully saturated rings. The average Bonchev–Trinajstić information content (AvgIpc) is 2.78. The van der Waals surface area contributed by atoms with Gasteiger partial charge in [-0.3, -0.25) is 9.69 Å². The number of piperazine rings is 1. The standard InChI is InChI=1S/C14H25N3O2/c1-15-6-8-17(9-7-15)14(10-13(18)19)3-5-16-4-2-12(14)11-16/h12H,2-11H2,1H3,(H,18,19). The molecule has 0 aromatic rings. The van der Waals surface area contributed by atoms with Gasteiger partial charge >= 0.3 is 5.97 Å². The van der Waals surface area contributed by atoms with E-state index >= 15 is 0 Å². The lowest BCUT2D eigenvalue weighted by Crippen LogP contribution is -2.63. The Hall–Kier alpha value is -0.650. The molecule has 5 heteroatoms. The first-order valence-corrected chi connectivity index (χ1v) is 7.48. The van der Waals surface area contributed by atoms with E-state index in [-0.39, 0.29) is 5.54 Å². The van der Waals surface area contributed by atoms with Crippen molar-refractivity contribution in [1.29, 1.82) is 0 Å². The summed E-state index contributed by atoms with van der Waals surface area (Å²) in [7, 11) is 2.15. The Morgan fingerprint density at radius 1 is 1.21 bits per heavy atom. The summed E-state index contributed by atoms with van der Waals surface area (Å²) in [5.74, 6) is -0.0694. The molecular formula is C14H25N3O2. The predicted octanol–water partition coefficient (Wildman–Crippen LogP) is 0.173. The van der Waals surface area contributed by atoms with Gasteiger partial charge in [0.05, 0.1) is 6.42 Å². The van der Waals surface area contributed by atoms with E-state index in [4.69, 9.17) is 0 Å². The molecule has 0 radical (unpaired) electrons. The van der Waals surface area contributed by atoms with Crippen molar-refractivity contribution in [3.63, 3.8) is 0 Å². The zero-order chi connectivity index (χ0) is 13.5. The normalized spacial score (nSPS) is 40.5. The van der Waals surface area contributed by atoms with E-state index in [9.17, 15) is 9.90 Å². The van der Waals surface area contributed by atoms with Crippen LogP contribution in [0.5, 0.6) is 0 Å². The van der Waals surface area contributed by atoms with Crippen LogP contribution in [0.15, 0.2) is 0 Å². The van der Waals surface area contributed by atoms with Gasteiger partial charge in [0, 0.05) is 38.3 Å². The van der Waals surface area contributed by atoms with E-state index in [0.717, 1.165) is 45.7 Å². The number of fused-ring (bicyclic) bond motifs is 2. The first-order valence-electron chi connectivity index (χ1n) is 7.48. The Morgan fingerprint density at radius 3 is 2.63 bits per heavy atom. The molecule has 108 valence electrons. The molecule has 3 saturated heterocycles. The molecule has 3 heterocycles. The molecule has 0 spiro atoms. The van der Waals surface area contributed by atoms with E-state index in [1.54, 1.807) is 0 Å². The van der Waals surface area contributed by atoms with Gasteiger partial charge in [0.1, 0.15) is 0 Å². The highest BCUT2D eigenvalue weighted by Crippen LogP contribution is 2.42. The molecule has 1 N–H and O–H groups in total.